The number of aliphatic hydroxyl groups is 1. The van der Waals surface area contributed by atoms with Crippen LogP contribution in [0.2, 0.25) is 13.1 Å². The van der Waals surface area contributed by atoms with E-state index in [4.69, 9.17) is 4.98 Å². The van der Waals surface area contributed by atoms with Crippen molar-refractivity contribution in [2.24, 2.45) is 11.8 Å². The first-order valence-corrected chi connectivity index (χ1v) is 21.7. The van der Waals surface area contributed by atoms with Crippen molar-refractivity contribution >= 4 is 57.4 Å². The maximum absolute atomic E-state index is 11.7. The third-order valence-corrected chi connectivity index (χ3v) is 13.9. The summed E-state index contributed by atoms with van der Waals surface area (Å²) in [6.07, 6.45) is 8.89. The molecule has 0 amide bonds. The van der Waals surface area contributed by atoms with Crippen LogP contribution in [0.5, 0.6) is 0 Å². The molecule has 5 aromatic rings. The number of ketones is 1. The van der Waals surface area contributed by atoms with Crippen LogP contribution in [0.3, 0.4) is 0 Å². The third-order valence-electron chi connectivity index (χ3n) is 9.94. The molecule has 1 aliphatic rings. The molecule has 3 aromatic carbocycles. The largest absolute Gasteiger partial charge is 0.512 e. The molecular formula is C43H51IrN2O2SSi-. The fourth-order valence-electron chi connectivity index (χ4n) is 6.75. The monoisotopic (exact) mass is 880 g/mol. The van der Waals surface area contributed by atoms with Crippen molar-refractivity contribution in [2.75, 3.05) is 0 Å². The van der Waals surface area contributed by atoms with Crippen LogP contribution in [-0.2, 0) is 30.3 Å². The third kappa shape index (κ3) is 8.45. The Kier molecular flexibility index (Phi) is 13.0. The Bertz CT molecular complexity index is 2030. The molecule has 6 rings (SSSR count). The molecular weight excluding hydrogens is 829 g/mol. The van der Waals surface area contributed by atoms with Crippen LogP contribution in [0.1, 0.15) is 85.3 Å². The van der Waals surface area contributed by atoms with E-state index in [1.165, 1.54) is 38.2 Å². The molecule has 1 radical (unpaired) electrons. The molecule has 0 fully saturated rings. The van der Waals surface area contributed by atoms with Crippen molar-refractivity contribution in [1.82, 2.24) is 9.97 Å². The average molecular weight is 880 g/mol. The molecule has 1 aliphatic heterocycles. The van der Waals surface area contributed by atoms with Gasteiger partial charge in [0, 0.05) is 53.3 Å². The molecule has 0 atom stereocenters. The van der Waals surface area contributed by atoms with Gasteiger partial charge in [0.2, 0.25) is 0 Å². The Balaban J connectivity index is 0.000000301. The predicted molar refractivity (Wildman–Crippen MR) is 213 cm³/mol. The first kappa shape index (κ1) is 39.6. The van der Waals surface area contributed by atoms with E-state index in [0.29, 0.717) is 0 Å². The van der Waals surface area contributed by atoms with E-state index in [1.54, 1.807) is 17.7 Å². The van der Waals surface area contributed by atoms with Gasteiger partial charge in [-0.15, -0.1) is 40.5 Å². The van der Waals surface area contributed by atoms with Gasteiger partial charge in [0.15, 0.2) is 5.78 Å². The number of benzene rings is 3. The van der Waals surface area contributed by atoms with Crippen molar-refractivity contribution in [2.45, 2.75) is 92.7 Å². The first-order valence-electron chi connectivity index (χ1n) is 17.8. The van der Waals surface area contributed by atoms with E-state index in [1.807, 2.05) is 27.7 Å². The minimum Gasteiger partial charge on any atom is -0.512 e. The van der Waals surface area contributed by atoms with Crippen LogP contribution in [0.15, 0.2) is 78.5 Å². The fourth-order valence-corrected chi connectivity index (χ4v) is 10.1. The smallest absolute Gasteiger partial charge is 0.162 e. The summed E-state index contributed by atoms with van der Waals surface area (Å²) >= 11 is 1.79. The minimum atomic E-state index is -1.49. The molecule has 0 aliphatic carbocycles. The van der Waals surface area contributed by atoms with Gasteiger partial charge in [-0.25, -0.2) is 4.98 Å². The van der Waals surface area contributed by atoms with Gasteiger partial charge >= 0.3 is 0 Å². The van der Waals surface area contributed by atoms with E-state index in [2.05, 4.69) is 111 Å². The summed E-state index contributed by atoms with van der Waals surface area (Å²) < 4.78 is 1.12. The van der Waals surface area contributed by atoms with Gasteiger partial charge in [0.25, 0.3) is 0 Å². The van der Waals surface area contributed by atoms with Crippen molar-refractivity contribution in [3.8, 4) is 21.7 Å². The molecule has 7 heteroatoms. The minimum absolute atomic E-state index is 0. The number of carbonyl (C=O) groups excluding carboxylic acids is 1. The van der Waals surface area contributed by atoms with E-state index >= 15 is 0 Å². The number of allylic oxidation sites excluding steroid dienone is 2. The second-order valence-electron chi connectivity index (χ2n) is 14.8. The molecule has 0 saturated heterocycles. The Morgan fingerprint density at radius 3 is 2.28 bits per heavy atom. The summed E-state index contributed by atoms with van der Waals surface area (Å²) in [5.74, 6) is 0.547. The Morgan fingerprint density at radius 2 is 1.62 bits per heavy atom. The predicted octanol–water partition coefficient (Wildman–Crippen LogP) is 11.6. The van der Waals surface area contributed by atoms with Crippen LogP contribution in [0, 0.1) is 17.9 Å². The number of thiophene rings is 1. The van der Waals surface area contributed by atoms with Gasteiger partial charge in [-0.3, -0.25) is 9.78 Å². The van der Waals surface area contributed by atoms with Crippen LogP contribution >= 0.6 is 11.3 Å². The number of hydrogen-bond donors (Lipinski definition) is 1. The van der Waals surface area contributed by atoms with Gasteiger partial charge in [-0.05, 0) is 53.5 Å². The number of fused-ring (bicyclic) bond motifs is 3. The van der Waals surface area contributed by atoms with Crippen LogP contribution in [0.4, 0.5) is 0 Å². The molecule has 0 bridgehead atoms. The Morgan fingerprint density at radius 1 is 0.940 bits per heavy atom. The molecule has 50 heavy (non-hydrogen) atoms. The second-order valence-corrected chi connectivity index (χ2v) is 20.2. The fraction of sp³-hybridized carbons (Fsp3) is 0.372. The first-order chi connectivity index (χ1) is 23.3. The van der Waals surface area contributed by atoms with Gasteiger partial charge in [-0.1, -0.05) is 121 Å². The van der Waals surface area contributed by atoms with Crippen molar-refractivity contribution in [1.29, 1.82) is 0 Å². The SMILES string of the molecule is CC(C)(C)c1cc(-c2ncnc3cc(-c4ccc5c(c4)[Si](C)(C)C=C5)sc23)[c-]c2ccccc12.CCC(CC)C(=O)/C=C(\O)C(CC)CC.[Ir]. The number of hydrogen-bond acceptors (Lipinski definition) is 5. The standard InChI is InChI=1S/C30H27N2SSi.C13H24O2.Ir/c1-30(2,3)24-15-22(14-20-8-6-7-9-23(20)24)28-29-25(31-18-32-28)17-26(33-29)21-11-10-19-12-13-34(4,5)27(19)16-21;1-5-10(6-2)12(14)9-13(15)11(7-3)8-4;/h6-13,15-18H,1-5H3;9-11,14H,5-8H2,1-4H3;/q-1;;/b;12-9-;. The van der Waals surface area contributed by atoms with Crippen LogP contribution < -0.4 is 5.19 Å². The zero-order valence-electron chi connectivity index (χ0n) is 31.0. The van der Waals surface area contributed by atoms with Crippen molar-refractivity contribution < 1.29 is 30.0 Å². The number of rotatable bonds is 9. The van der Waals surface area contributed by atoms with Gasteiger partial charge < -0.3 is 5.11 Å². The molecule has 3 heterocycles. The zero-order valence-corrected chi connectivity index (χ0v) is 35.2. The molecule has 0 spiro atoms. The maximum Gasteiger partial charge on any atom is 0.162 e. The van der Waals surface area contributed by atoms with Crippen LogP contribution in [-0.4, -0.2) is 28.9 Å². The quantitative estimate of drug-likeness (QED) is 0.0693. The summed E-state index contributed by atoms with van der Waals surface area (Å²) in [5, 5.41) is 13.7. The van der Waals surface area contributed by atoms with E-state index < -0.39 is 8.07 Å². The second kappa shape index (κ2) is 16.4. The number of carbonyl (C=O) groups is 1. The van der Waals surface area contributed by atoms with Gasteiger partial charge in [-0.2, -0.15) is 0 Å². The van der Waals surface area contributed by atoms with Gasteiger partial charge in [0.05, 0.1) is 11.3 Å². The molecule has 0 unspecified atom stereocenters. The summed E-state index contributed by atoms with van der Waals surface area (Å²) in [6, 6.07) is 23.6. The van der Waals surface area contributed by atoms with Crippen LogP contribution in [0.25, 0.3) is 48.8 Å². The number of aliphatic hydroxyl groups excluding tert-OH is 1. The van der Waals surface area contributed by atoms with Gasteiger partial charge in [0.1, 0.15) is 14.4 Å². The van der Waals surface area contributed by atoms with E-state index in [-0.39, 0.29) is 48.9 Å². The topological polar surface area (TPSA) is 63.1 Å². The Hall–Kier alpha value is -3.22. The molecule has 2 aromatic heterocycles. The summed E-state index contributed by atoms with van der Waals surface area (Å²) in [6.45, 7) is 19.7. The molecule has 0 saturated carbocycles. The molecule has 1 N–H and O–H groups in total. The summed E-state index contributed by atoms with van der Waals surface area (Å²) in [7, 11) is -1.49. The number of nitrogens with zero attached hydrogens (tertiary/aromatic N) is 2. The molecule has 4 nitrogen and oxygen atoms in total. The molecule has 265 valence electrons. The zero-order chi connectivity index (χ0) is 35.5. The van der Waals surface area contributed by atoms with Crippen molar-refractivity contribution in [3.63, 3.8) is 0 Å². The van der Waals surface area contributed by atoms with Crippen molar-refractivity contribution in [3.05, 3.63) is 95.7 Å². The summed E-state index contributed by atoms with van der Waals surface area (Å²) in [5.41, 5.74) is 9.42. The number of aromatic nitrogens is 2. The normalized spacial score (nSPS) is 13.8. The van der Waals surface area contributed by atoms with E-state index in [0.717, 1.165) is 52.5 Å². The maximum atomic E-state index is 11.7. The van der Waals surface area contributed by atoms with E-state index in [9.17, 15) is 9.90 Å². The average Bonchev–Trinajstić information content (AvgIpc) is 3.65. The summed E-state index contributed by atoms with van der Waals surface area (Å²) in [4.78, 5) is 22.3. The Labute approximate surface area is 317 Å².